The van der Waals surface area contributed by atoms with Gasteiger partial charge in [-0.05, 0) is 12.5 Å². The smallest absolute Gasteiger partial charge is 0.221 e. The van der Waals surface area contributed by atoms with Gasteiger partial charge in [0.25, 0.3) is 0 Å². The molecule has 0 saturated carbocycles. The monoisotopic (exact) mass is 266 g/mol. The Labute approximate surface area is 113 Å². The van der Waals surface area contributed by atoms with E-state index in [1.807, 2.05) is 13.1 Å². The van der Waals surface area contributed by atoms with Crippen LogP contribution in [0.1, 0.15) is 12.0 Å². The highest BCUT2D eigenvalue weighted by Crippen LogP contribution is 1.97. The van der Waals surface area contributed by atoms with Crippen molar-refractivity contribution in [1.29, 1.82) is 0 Å². The first-order valence-corrected chi connectivity index (χ1v) is 6.80. The van der Waals surface area contributed by atoms with Crippen LogP contribution in [0, 0.1) is 6.92 Å². The zero-order valence-electron chi connectivity index (χ0n) is 11.5. The lowest BCUT2D eigenvalue weighted by Crippen LogP contribution is -2.41. The van der Waals surface area contributed by atoms with Gasteiger partial charge in [-0.1, -0.05) is 0 Å². The lowest BCUT2D eigenvalue weighted by Gasteiger charge is -2.26. The maximum absolute atomic E-state index is 11.7. The molecule has 0 atom stereocenters. The summed E-state index contributed by atoms with van der Waals surface area (Å²) in [6.45, 7) is 7.75. The highest BCUT2D eigenvalue weighted by Gasteiger charge is 2.10. The van der Waals surface area contributed by atoms with Crippen LogP contribution in [0.15, 0.2) is 12.4 Å². The van der Waals surface area contributed by atoms with Crippen molar-refractivity contribution < 1.29 is 9.53 Å². The fourth-order valence-electron chi connectivity index (χ4n) is 2.07. The lowest BCUT2D eigenvalue weighted by atomic mass is 10.3. The van der Waals surface area contributed by atoms with Gasteiger partial charge in [0.2, 0.25) is 5.91 Å². The topological polar surface area (TPSA) is 59.4 Å². The zero-order valence-corrected chi connectivity index (χ0v) is 11.5. The number of hydrogen-bond acceptors (Lipinski definition) is 4. The number of nitrogens with one attached hydrogen (secondary N) is 1. The van der Waals surface area contributed by atoms with E-state index in [-0.39, 0.29) is 5.91 Å². The molecule has 2 heterocycles. The Hall–Kier alpha value is -1.40. The number of aryl methyl sites for hydroxylation is 2. The van der Waals surface area contributed by atoms with Crippen molar-refractivity contribution in [2.24, 2.45) is 0 Å². The molecule has 6 nitrogen and oxygen atoms in total. The van der Waals surface area contributed by atoms with Crippen molar-refractivity contribution in [2.75, 3.05) is 39.4 Å². The molecule has 1 amide bonds. The number of ether oxygens (including phenoxy) is 1. The summed E-state index contributed by atoms with van der Waals surface area (Å²) >= 11 is 0. The molecule has 6 heteroatoms. The van der Waals surface area contributed by atoms with E-state index in [9.17, 15) is 4.79 Å². The van der Waals surface area contributed by atoms with Gasteiger partial charge < -0.3 is 10.1 Å². The lowest BCUT2D eigenvalue weighted by molar-refractivity contribution is -0.121. The Balaban J connectivity index is 1.56. The number of nitrogens with zero attached hydrogens (tertiary/aromatic N) is 3. The summed E-state index contributed by atoms with van der Waals surface area (Å²) in [5.74, 6) is 0.0846. The highest BCUT2D eigenvalue weighted by molar-refractivity contribution is 5.75. The van der Waals surface area contributed by atoms with E-state index in [1.165, 1.54) is 0 Å². The number of amides is 1. The number of aromatic nitrogens is 2. The quantitative estimate of drug-likeness (QED) is 0.789. The molecule has 0 unspecified atom stereocenters. The molecule has 0 bridgehead atoms. The first kappa shape index (κ1) is 14.0. The van der Waals surface area contributed by atoms with E-state index in [4.69, 9.17) is 4.74 Å². The second kappa shape index (κ2) is 7.25. The van der Waals surface area contributed by atoms with Crippen molar-refractivity contribution >= 4 is 5.91 Å². The summed E-state index contributed by atoms with van der Waals surface area (Å²) in [5, 5.41) is 7.10. The molecule has 1 N–H and O–H groups in total. The average molecular weight is 266 g/mol. The third-order valence-corrected chi connectivity index (χ3v) is 3.18. The van der Waals surface area contributed by atoms with Crippen molar-refractivity contribution in [3.8, 4) is 0 Å². The fourth-order valence-corrected chi connectivity index (χ4v) is 2.07. The van der Waals surface area contributed by atoms with Gasteiger partial charge in [0.1, 0.15) is 0 Å². The molecule has 19 heavy (non-hydrogen) atoms. The van der Waals surface area contributed by atoms with Gasteiger partial charge in [-0.2, -0.15) is 5.10 Å². The summed E-state index contributed by atoms with van der Waals surface area (Å²) < 4.78 is 7.08. The number of carbonyl (C=O) groups is 1. The van der Waals surface area contributed by atoms with Gasteiger partial charge in [-0.25, -0.2) is 0 Å². The standard InChI is InChI=1S/C13H22N4O2/c1-12-10-15-17(11-12)4-2-13(18)14-3-5-16-6-8-19-9-7-16/h10-11H,2-9H2,1H3,(H,14,18). The third kappa shape index (κ3) is 5.00. The van der Waals surface area contributed by atoms with Gasteiger partial charge in [0.15, 0.2) is 0 Å². The van der Waals surface area contributed by atoms with E-state index < -0.39 is 0 Å². The summed E-state index contributed by atoms with van der Waals surface area (Å²) in [5.41, 5.74) is 1.12. The number of morpholine rings is 1. The van der Waals surface area contributed by atoms with Crippen LogP contribution in [-0.2, 0) is 16.1 Å². The second-order valence-corrected chi connectivity index (χ2v) is 4.83. The first-order chi connectivity index (χ1) is 9.24. The molecule has 0 spiro atoms. The Bertz CT molecular complexity index is 399. The van der Waals surface area contributed by atoms with Gasteiger partial charge in [-0.3, -0.25) is 14.4 Å². The Morgan fingerprint density at radius 3 is 2.89 bits per heavy atom. The molecule has 1 aliphatic rings. The predicted octanol–water partition coefficient (Wildman–Crippen LogP) is 0.0300. The van der Waals surface area contributed by atoms with Gasteiger partial charge in [-0.15, -0.1) is 0 Å². The highest BCUT2D eigenvalue weighted by atomic mass is 16.5. The minimum atomic E-state index is 0.0846. The number of rotatable bonds is 6. The summed E-state index contributed by atoms with van der Waals surface area (Å²) in [6.07, 6.45) is 4.22. The van der Waals surface area contributed by atoms with Crippen LogP contribution in [0.25, 0.3) is 0 Å². The molecule has 2 rings (SSSR count). The normalized spacial score (nSPS) is 16.5. The van der Waals surface area contributed by atoms with Crippen LogP contribution >= 0.6 is 0 Å². The van der Waals surface area contributed by atoms with Crippen LogP contribution in [0.3, 0.4) is 0 Å². The van der Waals surface area contributed by atoms with Crippen LogP contribution in [-0.4, -0.2) is 60.0 Å². The number of carbonyl (C=O) groups excluding carboxylic acids is 1. The largest absolute Gasteiger partial charge is 0.379 e. The Morgan fingerprint density at radius 1 is 1.42 bits per heavy atom. The minimum Gasteiger partial charge on any atom is -0.379 e. The van der Waals surface area contributed by atoms with Crippen LogP contribution < -0.4 is 5.32 Å². The molecule has 0 aliphatic carbocycles. The first-order valence-electron chi connectivity index (χ1n) is 6.80. The van der Waals surface area contributed by atoms with Crippen molar-refractivity contribution in [1.82, 2.24) is 20.0 Å². The number of hydrogen-bond donors (Lipinski definition) is 1. The molecule has 1 fully saturated rings. The van der Waals surface area contributed by atoms with E-state index in [2.05, 4.69) is 15.3 Å². The minimum absolute atomic E-state index is 0.0846. The molecule has 1 aliphatic heterocycles. The van der Waals surface area contributed by atoms with Gasteiger partial charge >= 0.3 is 0 Å². The second-order valence-electron chi connectivity index (χ2n) is 4.83. The Kier molecular flexibility index (Phi) is 5.35. The molecule has 1 aromatic heterocycles. The van der Waals surface area contributed by atoms with E-state index in [0.29, 0.717) is 19.5 Å². The van der Waals surface area contributed by atoms with Crippen LogP contribution in [0.4, 0.5) is 0 Å². The molecule has 0 radical (unpaired) electrons. The maximum atomic E-state index is 11.7. The molecular weight excluding hydrogens is 244 g/mol. The van der Waals surface area contributed by atoms with Crippen LogP contribution in [0.2, 0.25) is 0 Å². The summed E-state index contributed by atoms with van der Waals surface area (Å²) in [6, 6.07) is 0. The van der Waals surface area contributed by atoms with Crippen molar-refractivity contribution in [3.63, 3.8) is 0 Å². The molecule has 1 aromatic rings. The molecule has 0 aromatic carbocycles. The van der Waals surface area contributed by atoms with Crippen molar-refractivity contribution in [2.45, 2.75) is 19.9 Å². The molecule has 1 saturated heterocycles. The van der Waals surface area contributed by atoms with E-state index in [0.717, 1.165) is 38.4 Å². The van der Waals surface area contributed by atoms with Gasteiger partial charge in [0, 0.05) is 45.3 Å². The average Bonchev–Trinajstić information content (AvgIpc) is 2.83. The SMILES string of the molecule is Cc1cnn(CCC(=O)NCCN2CCOCC2)c1. The van der Waals surface area contributed by atoms with Crippen molar-refractivity contribution in [3.05, 3.63) is 18.0 Å². The third-order valence-electron chi connectivity index (χ3n) is 3.18. The molecular formula is C13H22N4O2. The zero-order chi connectivity index (χ0) is 13.5. The molecule has 106 valence electrons. The van der Waals surface area contributed by atoms with Crippen LogP contribution in [0.5, 0.6) is 0 Å². The van der Waals surface area contributed by atoms with E-state index >= 15 is 0 Å². The maximum Gasteiger partial charge on any atom is 0.221 e. The summed E-state index contributed by atoms with van der Waals surface area (Å²) in [4.78, 5) is 14.0. The van der Waals surface area contributed by atoms with E-state index in [1.54, 1.807) is 10.9 Å². The predicted molar refractivity (Wildman–Crippen MR) is 71.8 cm³/mol. The Morgan fingerprint density at radius 2 is 2.21 bits per heavy atom. The fraction of sp³-hybridized carbons (Fsp3) is 0.692. The van der Waals surface area contributed by atoms with Gasteiger partial charge in [0.05, 0.1) is 19.4 Å². The summed E-state index contributed by atoms with van der Waals surface area (Å²) in [7, 11) is 0.